The summed E-state index contributed by atoms with van der Waals surface area (Å²) < 4.78 is 0. The molecule has 0 aliphatic heterocycles. The Morgan fingerprint density at radius 1 is 0.938 bits per heavy atom. The Bertz CT molecular complexity index is 316. The van der Waals surface area contributed by atoms with E-state index in [0.717, 1.165) is 0 Å². The van der Waals surface area contributed by atoms with Crippen LogP contribution in [-0.4, -0.2) is 44.2 Å². The van der Waals surface area contributed by atoms with E-state index in [4.69, 9.17) is 0 Å². The normalized spacial score (nSPS) is 10.6. The second-order valence-electron chi connectivity index (χ2n) is 2.60. The molecule has 16 heavy (non-hydrogen) atoms. The van der Waals surface area contributed by atoms with E-state index in [2.05, 4.69) is 0 Å². The highest BCUT2D eigenvalue weighted by Gasteiger charge is 2.72. The van der Waals surface area contributed by atoms with Gasteiger partial charge in [0.05, 0.1) is 7.05 Å². The molecule has 0 rings (SSSR count). The molecule has 90 valence electrons. The molecule has 0 atom stereocenters. The summed E-state index contributed by atoms with van der Waals surface area (Å²) in [6.45, 7) is -1.59. The molecule has 13 nitrogen and oxygen atoms in total. The van der Waals surface area contributed by atoms with Gasteiger partial charge >= 0.3 is 5.79 Å². The minimum Gasteiger partial charge on any atom is -0.253 e. The fourth-order valence-corrected chi connectivity index (χ4v) is 0.738. The number of nitrogens with zero attached hydrogens (tertiary/aromatic N) is 5. The molecule has 0 bridgehead atoms. The quantitative estimate of drug-likeness (QED) is 0.306. The molecule has 0 aliphatic carbocycles. The predicted molar refractivity (Wildman–Crippen MR) is 43.3 cm³/mol. The van der Waals surface area contributed by atoms with Crippen molar-refractivity contribution in [1.82, 2.24) is 5.01 Å². The van der Waals surface area contributed by atoms with E-state index in [1.165, 1.54) is 0 Å². The van der Waals surface area contributed by atoms with Crippen LogP contribution in [0.5, 0.6) is 0 Å². The van der Waals surface area contributed by atoms with Gasteiger partial charge in [-0.2, -0.15) is 0 Å². The zero-order chi connectivity index (χ0) is 13.1. The summed E-state index contributed by atoms with van der Waals surface area (Å²) in [6.07, 6.45) is 0. The van der Waals surface area contributed by atoms with E-state index in [9.17, 15) is 40.5 Å². The first-order valence-corrected chi connectivity index (χ1v) is 3.45. The van der Waals surface area contributed by atoms with Crippen molar-refractivity contribution >= 4 is 0 Å². The molecule has 0 N–H and O–H groups in total. The van der Waals surface area contributed by atoms with Crippen molar-refractivity contribution in [3.8, 4) is 0 Å². The molecule has 0 radical (unpaired) electrons. The van der Waals surface area contributed by atoms with Crippen LogP contribution in [0.25, 0.3) is 0 Å². The molecule has 0 unspecified atom stereocenters. The minimum atomic E-state index is -3.85. The molecule has 13 heteroatoms. The highest BCUT2D eigenvalue weighted by molar-refractivity contribution is 4.55. The molecule has 0 heterocycles. The van der Waals surface area contributed by atoms with Gasteiger partial charge in [0.2, 0.25) is 0 Å². The monoisotopic (exact) mass is 239 g/mol. The van der Waals surface area contributed by atoms with Crippen LogP contribution in [0.15, 0.2) is 0 Å². The summed E-state index contributed by atoms with van der Waals surface area (Å²) in [5, 5.41) is 39.8. The average molecular weight is 239 g/mol. The average Bonchev–Trinajstić information content (AvgIpc) is 2.11. The lowest BCUT2D eigenvalue weighted by Crippen LogP contribution is -2.60. The lowest BCUT2D eigenvalue weighted by molar-refractivity contribution is -0.973. The SMILES string of the molecule is CN(CC([N+](=O)[O-])([N+](=O)[O-])[N+](=O)[O-])[N+](=O)[O-]. The summed E-state index contributed by atoms with van der Waals surface area (Å²) >= 11 is 0. The van der Waals surface area contributed by atoms with E-state index in [1.807, 2.05) is 0 Å². The molecular weight excluding hydrogens is 234 g/mol. The fourth-order valence-electron chi connectivity index (χ4n) is 0.738. The Hall–Kier alpha value is -2.60. The Balaban J connectivity index is 5.39. The third-order valence-corrected chi connectivity index (χ3v) is 1.60. The summed E-state index contributed by atoms with van der Waals surface area (Å²) in [5.74, 6) is -3.85. The number of likely N-dealkylation sites (N-methyl/N-ethyl adjacent to an activating group) is 1. The Morgan fingerprint density at radius 3 is 1.44 bits per heavy atom. The van der Waals surface area contributed by atoms with E-state index in [-0.39, 0.29) is 5.01 Å². The highest BCUT2D eigenvalue weighted by atomic mass is 16.7. The Kier molecular flexibility index (Phi) is 3.59. The molecule has 0 fully saturated rings. The van der Waals surface area contributed by atoms with Gasteiger partial charge in [-0.15, -0.1) is 5.01 Å². The number of nitro groups is 4. The first kappa shape index (κ1) is 13.4. The summed E-state index contributed by atoms with van der Waals surface area (Å²) in [5.41, 5.74) is 0. The van der Waals surface area contributed by atoms with Crippen molar-refractivity contribution in [3.63, 3.8) is 0 Å². The van der Waals surface area contributed by atoms with Gasteiger partial charge in [-0.25, -0.2) is 10.1 Å². The number of hydrogen-bond acceptors (Lipinski definition) is 8. The summed E-state index contributed by atoms with van der Waals surface area (Å²) in [4.78, 5) is 35.8. The van der Waals surface area contributed by atoms with E-state index >= 15 is 0 Å². The van der Waals surface area contributed by atoms with Crippen molar-refractivity contribution in [2.24, 2.45) is 0 Å². The first-order chi connectivity index (χ1) is 7.16. The van der Waals surface area contributed by atoms with Crippen molar-refractivity contribution in [2.45, 2.75) is 5.79 Å². The fraction of sp³-hybridized carbons (Fsp3) is 1.00. The second-order valence-corrected chi connectivity index (χ2v) is 2.60. The first-order valence-electron chi connectivity index (χ1n) is 3.45. The lowest BCUT2D eigenvalue weighted by atomic mass is 10.4. The van der Waals surface area contributed by atoms with Gasteiger partial charge in [0.25, 0.3) is 6.54 Å². The summed E-state index contributed by atoms with van der Waals surface area (Å²) in [6, 6.07) is 0. The zero-order valence-electron chi connectivity index (χ0n) is 7.71. The Morgan fingerprint density at radius 2 is 1.25 bits per heavy atom. The predicted octanol–water partition coefficient (Wildman–Crippen LogP) is -1.41. The Labute approximate surface area is 85.8 Å². The van der Waals surface area contributed by atoms with E-state index in [0.29, 0.717) is 7.05 Å². The van der Waals surface area contributed by atoms with Crippen LogP contribution < -0.4 is 0 Å². The van der Waals surface area contributed by atoms with Gasteiger partial charge in [0.1, 0.15) is 0 Å². The van der Waals surface area contributed by atoms with Crippen LogP contribution in [-0.2, 0) is 0 Å². The van der Waals surface area contributed by atoms with Crippen LogP contribution in [0, 0.1) is 40.5 Å². The molecule has 0 aromatic rings. The zero-order valence-corrected chi connectivity index (χ0v) is 7.71. The van der Waals surface area contributed by atoms with Gasteiger partial charge in [0, 0.05) is 0 Å². The highest BCUT2D eigenvalue weighted by Crippen LogP contribution is 2.13. The third-order valence-electron chi connectivity index (χ3n) is 1.60. The maximum Gasteiger partial charge on any atom is 0.723 e. The topological polar surface area (TPSA) is 176 Å². The van der Waals surface area contributed by atoms with Crippen molar-refractivity contribution < 1.29 is 19.8 Å². The molecular formula is C3H5N5O8. The molecule has 0 aromatic heterocycles. The molecule has 0 aliphatic rings. The van der Waals surface area contributed by atoms with Crippen molar-refractivity contribution in [1.29, 1.82) is 0 Å². The molecule has 0 saturated heterocycles. The smallest absolute Gasteiger partial charge is 0.253 e. The maximum atomic E-state index is 10.3. The van der Waals surface area contributed by atoms with Crippen LogP contribution in [0.4, 0.5) is 0 Å². The molecule has 0 aromatic carbocycles. The van der Waals surface area contributed by atoms with Gasteiger partial charge in [-0.05, 0) is 0 Å². The van der Waals surface area contributed by atoms with E-state index in [1.54, 1.807) is 0 Å². The molecule has 0 amide bonds. The summed E-state index contributed by atoms with van der Waals surface area (Å²) in [7, 11) is 0.644. The van der Waals surface area contributed by atoms with Crippen molar-refractivity contribution in [3.05, 3.63) is 40.5 Å². The van der Waals surface area contributed by atoms with Crippen LogP contribution in [0.1, 0.15) is 0 Å². The van der Waals surface area contributed by atoms with Gasteiger partial charge in [-0.3, -0.25) is 30.3 Å². The van der Waals surface area contributed by atoms with E-state index < -0.39 is 32.1 Å². The van der Waals surface area contributed by atoms with Crippen LogP contribution >= 0.6 is 0 Å². The standard InChI is InChI=1S/C3H5N5O8/c1-4(8(15)16)2-3(5(9)10,6(11)12)7(13)14/h2H2,1H3. The van der Waals surface area contributed by atoms with Gasteiger partial charge in [-0.1, -0.05) is 0 Å². The van der Waals surface area contributed by atoms with Crippen LogP contribution in [0.2, 0.25) is 0 Å². The van der Waals surface area contributed by atoms with Crippen molar-refractivity contribution in [2.75, 3.05) is 13.6 Å². The lowest BCUT2D eigenvalue weighted by Gasteiger charge is -2.11. The largest absolute Gasteiger partial charge is 0.723 e. The van der Waals surface area contributed by atoms with Gasteiger partial charge < -0.3 is 0 Å². The third kappa shape index (κ3) is 2.07. The second kappa shape index (κ2) is 4.28. The minimum absolute atomic E-state index is 0.103. The molecule has 0 saturated carbocycles. The number of hydrazine groups is 1. The number of hydrogen-bond donors (Lipinski definition) is 0. The van der Waals surface area contributed by atoms with Gasteiger partial charge in [0.15, 0.2) is 19.8 Å². The molecule has 0 spiro atoms. The maximum absolute atomic E-state index is 10.3. The number of rotatable bonds is 6. The van der Waals surface area contributed by atoms with Crippen LogP contribution in [0.3, 0.4) is 0 Å².